The molecule has 0 aromatic heterocycles. The Morgan fingerprint density at radius 3 is 2.33 bits per heavy atom. The summed E-state index contributed by atoms with van der Waals surface area (Å²) in [7, 11) is 0. The average molecular weight is 215 g/mol. The summed E-state index contributed by atoms with van der Waals surface area (Å²) in [6, 6.07) is 4.66. The maximum Gasteiger partial charge on any atom is 0.280 e. The van der Waals surface area contributed by atoms with E-state index in [4.69, 9.17) is 11.7 Å². The number of aliphatic hydroxyl groups is 1. The molecule has 81 valence electrons. The van der Waals surface area contributed by atoms with Gasteiger partial charge in [0.15, 0.2) is 0 Å². The van der Waals surface area contributed by atoms with Crippen LogP contribution in [0.4, 0.5) is 13.2 Å². The van der Waals surface area contributed by atoms with Crippen LogP contribution in [0.1, 0.15) is 5.56 Å². The number of benzene rings is 1. The van der Waals surface area contributed by atoms with E-state index in [1.807, 2.05) is 0 Å². The van der Waals surface area contributed by atoms with Gasteiger partial charge in [-0.3, -0.25) is 0 Å². The largest absolute Gasteiger partial charge is 0.383 e. The fourth-order valence-electron chi connectivity index (χ4n) is 1.12. The van der Waals surface area contributed by atoms with E-state index in [2.05, 4.69) is 0 Å². The smallest absolute Gasteiger partial charge is 0.280 e. The Balaban J connectivity index is 2.76. The highest BCUT2D eigenvalue weighted by Crippen LogP contribution is 2.24. The van der Waals surface area contributed by atoms with Crippen molar-refractivity contribution in [2.24, 2.45) is 0 Å². The minimum atomic E-state index is -3.34. The van der Waals surface area contributed by atoms with Crippen molar-refractivity contribution in [3.63, 3.8) is 0 Å². The van der Waals surface area contributed by atoms with Crippen molar-refractivity contribution in [3.8, 4) is 0 Å². The third-order valence-corrected chi connectivity index (χ3v) is 1.97. The van der Waals surface area contributed by atoms with Crippen molar-refractivity contribution in [3.05, 3.63) is 48.3 Å². The Kier molecular flexibility index (Phi) is 3.52. The van der Waals surface area contributed by atoms with Gasteiger partial charge in [0.2, 0.25) is 0 Å². The maximum absolute atomic E-state index is 13.1. The van der Waals surface area contributed by atoms with Crippen molar-refractivity contribution in [2.45, 2.75) is 18.4 Å². The summed E-state index contributed by atoms with van der Waals surface area (Å²) in [6.45, 7) is 4.82. The minimum absolute atomic E-state index is 0.238. The summed E-state index contributed by atoms with van der Waals surface area (Å²) >= 11 is 0. The Labute approximate surface area is 85.9 Å². The SMILES string of the molecule is [CH]=CC(O)C(F)(F)Cc1ccc(F)cc1. The van der Waals surface area contributed by atoms with E-state index >= 15 is 0 Å². The lowest BCUT2D eigenvalue weighted by molar-refractivity contribution is -0.0852. The van der Waals surface area contributed by atoms with E-state index in [1.165, 1.54) is 12.1 Å². The first kappa shape index (κ1) is 11.8. The van der Waals surface area contributed by atoms with Crippen molar-refractivity contribution >= 4 is 0 Å². The van der Waals surface area contributed by atoms with Gasteiger partial charge in [0.1, 0.15) is 11.9 Å². The molecule has 0 heterocycles. The van der Waals surface area contributed by atoms with E-state index in [1.54, 1.807) is 0 Å². The van der Waals surface area contributed by atoms with Gasteiger partial charge in [-0.1, -0.05) is 24.8 Å². The molecule has 0 saturated carbocycles. The molecule has 0 aliphatic carbocycles. The van der Waals surface area contributed by atoms with Crippen LogP contribution in [0.15, 0.2) is 30.3 Å². The molecule has 15 heavy (non-hydrogen) atoms. The van der Waals surface area contributed by atoms with Gasteiger partial charge in [0, 0.05) is 6.42 Å². The van der Waals surface area contributed by atoms with E-state index in [0.29, 0.717) is 6.08 Å². The zero-order valence-electron chi connectivity index (χ0n) is 7.83. The van der Waals surface area contributed by atoms with E-state index < -0.39 is 24.3 Å². The highest BCUT2D eigenvalue weighted by molar-refractivity contribution is 5.18. The van der Waals surface area contributed by atoms with Gasteiger partial charge in [-0.25, -0.2) is 13.2 Å². The second-order valence-electron chi connectivity index (χ2n) is 3.20. The lowest BCUT2D eigenvalue weighted by atomic mass is 10.0. The summed E-state index contributed by atoms with van der Waals surface area (Å²) in [6.07, 6.45) is -2.14. The summed E-state index contributed by atoms with van der Waals surface area (Å²) in [5, 5.41) is 8.90. The number of hydrogen-bond acceptors (Lipinski definition) is 1. The van der Waals surface area contributed by atoms with Crippen LogP contribution in [0, 0.1) is 12.4 Å². The number of halogens is 3. The fraction of sp³-hybridized carbons (Fsp3) is 0.273. The number of alkyl halides is 2. The van der Waals surface area contributed by atoms with Crippen molar-refractivity contribution in [1.82, 2.24) is 0 Å². The molecule has 1 rings (SSSR count). The van der Waals surface area contributed by atoms with Gasteiger partial charge in [-0.15, -0.1) is 0 Å². The number of aliphatic hydroxyl groups excluding tert-OH is 1. The van der Waals surface area contributed by atoms with Crippen molar-refractivity contribution in [1.29, 1.82) is 0 Å². The predicted octanol–water partition coefficient (Wildman–Crippen LogP) is 2.35. The summed E-state index contributed by atoms with van der Waals surface area (Å²) in [5.41, 5.74) is 0.238. The first-order valence-corrected chi connectivity index (χ1v) is 4.31. The molecule has 1 nitrogen and oxygen atoms in total. The molecule has 0 fully saturated rings. The molecule has 1 atom stereocenters. The Morgan fingerprint density at radius 2 is 1.87 bits per heavy atom. The monoisotopic (exact) mass is 215 g/mol. The standard InChI is InChI=1S/C11H10F3O/c1-2-10(15)11(13,14)7-8-3-5-9(12)6-4-8/h1-6,10,15H,7H2. The van der Waals surface area contributed by atoms with Crippen LogP contribution in [-0.4, -0.2) is 17.1 Å². The first-order valence-electron chi connectivity index (χ1n) is 4.31. The van der Waals surface area contributed by atoms with Crippen LogP contribution < -0.4 is 0 Å². The van der Waals surface area contributed by atoms with E-state index in [0.717, 1.165) is 12.1 Å². The van der Waals surface area contributed by atoms with Gasteiger partial charge in [-0.05, 0) is 17.7 Å². The van der Waals surface area contributed by atoms with Crippen LogP contribution >= 0.6 is 0 Å². The lowest BCUT2D eigenvalue weighted by Gasteiger charge is -2.19. The molecule has 1 N–H and O–H groups in total. The maximum atomic E-state index is 13.1. The second-order valence-corrected chi connectivity index (χ2v) is 3.20. The molecule has 0 saturated heterocycles. The molecule has 1 radical (unpaired) electrons. The topological polar surface area (TPSA) is 20.2 Å². The lowest BCUT2D eigenvalue weighted by Crippen LogP contribution is -2.33. The summed E-state index contributed by atoms with van der Waals surface area (Å²) in [4.78, 5) is 0. The normalized spacial score (nSPS) is 13.6. The molecule has 0 spiro atoms. The highest BCUT2D eigenvalue weighted by Gasteiger charge is 2.36. The third-order valence-electron chi connectivity index (χ3n) is 1.97. The van der Waals surface area contributed by atoms with E-state index in [-0.39, 0.29) is 5.56 Å². The molecule has 4 heteroatoms. The fourth-order valence-corrected chi connectivity index (χ4v) is 1.12. The zero-order valence-corrected chi connectivity index (χ0v) is 7.83. The molecule has 0 bridgehead atoms. The van der Waals surface area contributed by atoms with Crippen LogP contribution in [0.25, 0.3) is 0 Å². The molecular formula is C11H10F3O. The third kappa shape index (κ3) is 3.09. The minimum Gasteiger partial charge on any atom is -0.383 e. The molecule has 0 aliphatic heterocycles. The molecule has 1 unspecified atom stereocenters. The quantitative estimate of drug-likeness (QED) is 0.817. The van der Waals surface area contributed by atoms with Crippen LogP contribution in [0.2, 0.25) is 0 Å². The van der Waals surface area contributed by atoms with Gasteiger partial charge in [-0.2, -0.15) is 0 Å². The summed E-state index contributed by atoms with van der Waals surface area (Å²) < 4.78 is 38.8. The Morgan fingerprint density at radius 1 is 1.33 bits per heavy atom. The van der Waals surface area contributed by atoms with Gasteiger partial charge >= 0.3 is 0 Å². The zero-order chi connectivity index (χ0) is 11.5. The molecule has 1 aromatic rings. The Bertz CT molecular complexity index is 332. The predicted molar refractivity (Wildman–Crippen MR) is 49.9 cm³/mol. The van der Waals surface area contributed by atoms with Gasteiger partial charge in [0.05, 0.1) is 0 Å². The Hall–Kier alpha value is -1.29. The molecule has 1 aromatic carbocycles. The van der Waals surface area contributed by atoms with Crippen molar-refractivity contribution < 1.29 is 18.3 Å². The number of rotatable bonds is 4. The summed E-state index contributed by atoms with van der Waals surface area (Å²) in [5.74, 6) is -3.83. The molecular weight excluding hydrogens is 205 g/mol. The van der Waals surface area contributed by atoms with Crippen molar-refractivity contribution in [2.75, 3.05) is 0 Å². The first-order chi connectivity index (χ1) is 6.95. The molecule has 0 aliphatic rings. The van der Waals surface area contributed by atoms with Crippen LogP contribution in [0.5, 0.6) is 0 Å². The highest BCUT2D eigenvalue weighted by atomic mass is 19.3. The van der Waals surface area contributed by atoms with Crippen LogP contribution in [0.3, 0.4) is 0 Å². The van der Waals surface area contributed by atoms with Crippen LogP contribution in [-0.2, 0) is 6.42 Å². The second kappa shape index (κ2) is 4.49. The average Bonchev–Trinajstić information content (AvgIpc) is 2.20. The molecule has 0 amide bonds. The van der Waals surface area contributed by atoms with Gasteiger partial charge in [0.25, 0.3) is 5.92 Å². The van der Waals surface area contributed by atoms with Gasteiger partial charge < -0.3 is 5.11 Å². The number of hydrogen-bond donors (Lipinski definition) is 1. The van der Waals surface area contributed by atoms with E-state index in [9.17, 15) is 13.2 Å².